The van der Waals surface area contributed by atoms with Crippen molar-refractivity contribution in [1.29, 1.82) is 0 Å². The molecule has 1 aliphatic rings. The van der Waals surface area contributed by atoms with E-state index in [1.165, 1.54) is 0 Å². The highest BCUT2D eigenvalue weighted by Gasteiger charge is 2.18. The highest BCUT2D eigenvalue weighted by Crippen LogP contribution is 2.29. The third-order valence-electron chi connectivity index (χ3n) is 2.89. The number of hydrogen-bond acceptors (Lipinski definition) is 3. The molecule has 0 radical (unpaired) electrons. The maximum atomic E-state index is 5.98. The predicted octanol–water partition coefficient (Wildman–Crippen LogP) is 3.72. The first-order valence-corrected chi connectivity index (χ1v) is 6.67. The molecule has 0 fully saturated rings. The summed E-state index contributed by atoms with van der Waals surface area (Å²) >= 11 is 10.9. The van der Waals surface area contributed by atoms with Gasteiger partial charge in [-0.2, -0.15) is 0 Å². The quantitative estimate of drug-likeness (QED) is 0.872. The molecule has 1 N–H and O–H groups in total. The summed E-state index contributed by atoms with van der Waals surface area (Å²) in [6, 6.07) is 11.4. The van der Waals surface area contributed by atoms with E-state index in [-0.39, 0.29) is 0 Å². The summed E-state index contributed by atoms with van der Waals surface area (Å²) in [6.45, 7) is 0.746. The van der Waals surface area contributed by atoms with E-state index in [0.29, 0.717) is 5.02 Å². The highest BCUT2D eigenvalue weighted by molar-refractivity contribution is 7.78. The molecule has 96 valence electrons. The molecule has 2 aromatic rings. The maximum Gasteiger partial charge on any atom is 0.152 e. The van der Waals surface area contributed by atoms with E-state index < -0.39 is 0 Å². The van der Waals surface area contributed by atoms with Crippen molar-refractivity contribution in [3.63, 3.8) is 0 Å². The molecule has 1 aromatic heterocycles. The number of hydrazine groups is 1. The number of nitrogens with zero attached hydrogens (tertiary/aromatic N) is 1. The lowest BCUT2D eigenvalue weighted by atomic mass is 10.2. The van der Waals surface area contributed by atoms with Crippen molar-refractivity contribution in [2.75, 3.05) is 6.54 Å². The molecule has 2 heterocycles. The third kappa shape index (κ3) is 2.42. The van der Waals surface area contributed by atoms with Gasteiger partial charge < -0.3 is 4.42 Å². The monoisotopic (exact) mass is 290 g/mol. The smallest absolute Gasteiger partial charge is 0.152 e. The fourth-order valence-corrected chi connectivity index (χ4v) is 2.39. The van der Waals surface area contributed by atoms with E-state index in [1.807, 2.05) is 42.5 Å². The summed E-state index contributed by atoms with van der Waals surface area (Å²) in [5.74, 6) is 1.57. The summed E-state index contributed by atoms with van der Waals surface area (Å²) in [5.41, 5.74) is 6.56. The summed E-state index contributed by atoms with van der Waals surface area (Å²) in [4.78, 5) is 0. The first kappa shape index (κ1) is 12.4. The van der Waals surface area contributed by atoms with Crippen LogP contribution in [0.2, 0.25) is 5.02 Å². The second-order valence-electron chi connectivity index (χ2n) is 4.10. The van der Waals surface area contributed by atoms with E-state index in [4.69, 9.17) is 28.2 Å². The van der Waals surface area contributed by atoms with Crippen molar-refractivity contribution in [2.24, 2.45) is 0 Å². The Kier molecular flexibility index (Phi) is 3.38. The van der Waals surface area contributed by atoms with Crippen molar-refractivity contribution in [2.45, 2.75) is 0 Å². The van der Waals surface area contributed by atoms with Crippen LogP contribution in [0.25, 0.3) is 17.0 Å². The average Bonchev–Trinajstić information content (AvgIpc) is 3.07. The van der Waals surface area contributed by atoms with Crippen LogP contribution in [0.1, 0.15) is 5.76 Å². The van der Waals surface area contributed by atoms with Crippen LogP contribution in [0.4, 0.5) is 0 Å². The molecule has 0 amide bonds. The minimum absolute atomic E-state index is 0.692. The first-order chi connectivity index (χ1) is 9.28. The summed E-state index contributed by atoms with van der Waals surface area (Å²) in [6.07, 6.45) is 2.03. The average molecular weight is 291 g/mol. The Labute approximate surface area is 121 Å². The van der Waals surface area contributed by atoms with Gasteiger partial charge >= 0.3 is 0 Å². The van der Waals surface area contributed by atoms with E-state index in [1.54, 1.807) is 10.5 Å². The van der Waals surface area contributed by atoms with Gasteiger partial charge in [0.15, 0.2) is 5.76 Å². The zero-order valence-corrected chi connectivity index (χ0v) is 11.5. The molecule has 1 aromatic carbocycles. The Bertz CT molecular complexity index is 650. The van der Waals surface area contributed by atoms with E-state index in [9.17, 15) is 0 Å². The molecule has 0 saturated heterocycles. The topological polar surface area (TPSA) is 28.4 Å². The lowest BCUT2D eigenvalue weighted by Crippen LogP contribution is -2.28. The van der Waals surface area contributed by atoms with Crippen LogP contribution in [0.5, 0.6) is 0 Å². The van der Waals surface area contributed by atoms with Gasteiger partial charge in [0.05, 0.1) is 11.2 Å². The predicted molar refractivity (Wildman–Crippen MR) is 80.6 cm³/mol. The van der Waals surface area contributed by atoms with Gasteiger partial charge in [0.2, 0.25) is 0 Å². The molecule has 0 unspecified atom stereocenters. The van der Waals surface area contributed by atoms with E-state index >= 15 is 0 Å². The Morgan fingerprint density at radius 2 is 2.11 bits per heavy atom. The van der Waals surface area contributed by atoms with Gasteiger partial charge in [0.1, 0.15) is 5.76 Å². The highest BCUT2D eigenvalue weighted by atomic mass is 35.5. The molecular formula is C14H11ClN2OS. The third-order valence-corrected chi connectivity index (χ3v) is 3.34. The van der Waals surface area contributed by atoms with Gasteiger partial charge in [-0.1, -0.05) is 36.0 Å². The normalized spacial score (nSPS) is 14.6. The summed E-state index contributed by atoms with van der Waals surface area (Å²) < 4.78 is 5.87. The van der Waals surface area contributed by atoms with Crippen LogP contribution >= 0.6 is 23.8 Å². The minimum atomic E-state index is 0.692. The molecule has 5 heteroatoms. The molecule has 3 nitrogen and oxygen atoms in total. The van der Waals surface area contributed by atoms with Crippen LogP contribution in [-0.2, 0) is 0 Å². The molecule has 0 atom stereocenters. The van der Waals surface area contributed by atoms with E-state index in [0.717, 1.165) is 29.3 Å². The first-order valence-electron chi connectivity index (χ1n) is 5.82. The number of halogens is 1. The minimum Gasteiger partial charge on any atom is -0.454 e. The van der Waals surface area contributed by atoms with Crippen molar-refractivity contribution in [3.8, 4) is 11.3 Å². The molecule has 0 aliphatic carbocycles. The number of furan rings is 1. The van der Waals surface area contributed by atoms with Gasteiger partial charge in [-0.3, -0.25) is 5.01 Å². The molecule has 0 spiro atoms. The van der Waals surface area contributed by atoms with Crippen LogP contribution in [0.3, 0.4) is 0 Å². The molecular weight excluding hydrogens is 280 g/mol. The maximum absolute atomic E-state index is 5.98. The SMILES string of the molecule is S=CN1NCC=C1c1ccc(-c2cccc(Cl)c2)o1. The standard InChI is InChI=1S/C14H11ClN2OS/c15-11-3-1-2-10(8-11)13-4-5-14(18-13)12-6-7-16-17(12)9-19/h1-6,8-9,16H,7H2. The zero-order valence-electron chi connectivity index (χ0n) is 9.97. The van der Waals surface area contributed by atoms with Crippen molar-refractivity contribution >= 4 is 35.0 Å². The Morgan fingerprint density at radius 1 is 1.26 bits per heavy atom. The van der Waals surface area contributed by atoms with Crippen molar-refractivity contribution in [1.82, 2.24) is 10.4 Å². The Balaban J connectivity index is 1.94. The van der Waals surface area contributed by atoms with Gasteiger partial charge in [0, 0.05) is 17.1 Å². The zero-order chi connectivity index (χ0) is 13.2. The second-order valence-corrected chi connectivity index (χ2v) is 4.75. The lowest BCUT2D eigenvalue weighted by Gasteiger charge is -2.13. The summed E-state index contributed by atoms with van der Waals surface area (Å²) in [5, 5.41) is 2.47. The molecule has 3 rings (SSSR count). The molecule has 0 saturated carbocycles. The number of nitrogens with one attached hydrogen (secondary N) is 1. The van der Waals surface area contributed by atoms with Crippen LogP contribution in [-0.4, -0.2) is 17.0 Å². The molecule has 1 aliphatic heterocycles. The van der Waals surface area contributed by atoms with Gasteiger partial charge in [-0.15, -0.1) is 0 Å². The van der Waals surface area contributed by atoms with Crippen molar-refractivity contribution < 1.29 is 4.42 Å². The Morgan fingerprint density at radius 3 is 2.89 bits per heavy atom. The number of thiocarbonyl (C=S) groups is 1. The molecule has 0 bridgehead atoms. The Hall–Kier alpha value is -1.62. The number of hydrogen-bond donors (Lipinski definition) is 1. The van der Waals surface area contributed by atoms with E-state index in [2.05, 4.69) is 5.43 Å². The van der Waals surface area contributed by atoms with Crippen LogP contribution in [0, 0.1) is 0 Å². The fraction of sp³-hybridized carbons (Fsp3) is 0.0714. The number of rotatable bonds is 3. The van der Waals surface area contributed by atoms with Gasteiger partial charge in [-0.05, 0) is 30.3 Å². The second kappa shape index (κ2) is 5.17. The summed E-state index contributed by atoms with van der Waals surface area (Å²) in [7, 11) is 0. The van der Waals surface area contributed by atoms with Gasteiger partial charge in [-0.25, -0.2) is 5.43 Å². The fourth-order valence-electron chi connectivity index (χ4n) is 2.01. The van der Waals surface area contributed by atoms with Crippen LogP contribution < -0.4 is 5.43 Å². The largest absolute Gasteiger partial charge is 0.454 e. The van der Waals surface area contributed by atoms with Crippen molar-refractivity contribution in [3.05, 3.63) is 53.3 Å². The van der Waals surface area contributed by atoms with Crippen LogP contribution in [0.15, 0.2) is 46.9 Å². The van der Waals surface area contributed by atoms with Gasteiger partial charge in [0.25, 0.3) is 0 Å². The number of benzene rings is 1. The lowest BCUT2D eigenvalue weighted by molar-refractivity contribution is 0.474. The molecule has 19 heavy (non-hydrogen) atoms.